The van der Waals surface area contributed by atoms with Crippen LogP contribution in [0.1, 0.15) is 91.7 Å². The number of aromatic carboxylic acids is 5. The fourth-order valence-corrected chi connectivity index (χ4v) is 20.3. The van der Waals surface area contributed by atoms with Gasteiger partial charge in [-0.05, 0) is 266 Å². The molecule has 5 aliphatic heterocycles. The number of hydrogen-bond donors (Lipinski definition) is 9. The Balaban J connectivity index is 0.000000128. The molecule has 9 N–H and O–H groups in total. The number of nitrogens with one attached hydrogen (secondary N) is 4. The third-order valence-corrected chi connectivity index (χ3v) is 28.0. The van der Waals surface area contributed by atoms with Gasteiger partial charge >= 0.3 is 29.8 Å². The molecular formula is C110H72Cl3N11O20S6. The number of para-hydroxylation sites is 3. The first-order valence-electron chi connectivity index (χ1n) is 44.3. The highest BCUT2D eigenvalue weighted by Crippen LogP contribution is 2.45. The van der Waals surface area contributed by atoms with Crippen LogP contribution in [0.15, 0.2) is 371 Å². The number of carboxylic acid groups (broad SMARTS) is 5. The molecule has 16 aromatic rings. The molecule has 5 fully saturated rings. The van der Waals surface area contributed by atoms with E-state index >= 15 is 0 Å². The number of aryl methyl sites for hydroxylation is 2. The largest absolute Gasteiger partial charge is 0.478 e. The molecule has 744 valence electrons. The normalized spacial score (nSPS) is 15.7. The van der Waals surface area contributed by atoms with Gasteiger partial charge in [0.1, 0.15) is 57.6 Å². The lowest BCUT2D eigenvalue weighted by molar-refractivity contribution is -0.115. The van der Waals surface area contributed by atoms with E-state index in [9.17, 15) is 63.3 Å². The lowest BCUT2D eigenvalue weighted by Gasteiger charge is -2.17. The number of nitrogens with zero attached hydrogens (tertiary/aromatic N) is 7. The van der Waals surface area contributed by atoms with Crippen molar-refractivity contribution in [2.45, 2.75) is 13.8 Å². The second-order valence-electron chi connectivity index (χ2n) is 32.0. The summed E-state index contributed by atoms with van der Waals surface area (Å²) < 4.78 is 29.0. The van der Waals surface area contributed by atoms with E-state index in [4.69, 9.17) is 88.3 Å². The van der Waals surface area contributed by atoms with E-state index in [1.807, 2.05) is 98.8 Å². The molecule has 150 heavy (non-hydrogen) atoms. The van der Waals surface area contributed by atoms with E-state index in [0.29, 0.717) is 152 Å². The number of amidine groups is 5. The number of amides is 5. The summed E-state index contributed by atoms with van der Waals surface area (Å²) in [6, 6.07) is 85.8. The van der Waals surface area contributed by atoms with Crippen molar-refractivity contribution in [1.82, 2.24) is 10.3 Å². The molecule has 5 aliphatic rings. The van der Waals surface area contributed by atoms with Gasteiger partial charge in [-0.2, -0.15) is 0 Å². The van der Waals surface area contributed by atoms with Crippen LogP contribution in [0.2, 0.25) is 15.1 Å². The molecule has 0 atom stereocenters. The zero-order valence-electron chi connectivity index (χ0n) is 77.5. The van der Waals surface area contributed by atoms with Crippen molar-refractivity contribution in [2.75, 3.05) is 19.6 Å². The Morgan fingerprint density at radius 1 is 0.373 bits per heavy atom. The van der Waals surface area contributed by atoms with Gasteiger partial charge in [-0.25, -0.2) is 43.8 Å². The number of hydrogen-bond acceptors (Lipinski definition) is 27. The maximum atomic E-state index is 13.3. The van der Waals surface area contributed by atoms with Crippen molar-refractivity contribution in [3.05, 3.63) is 422 Å². The van der Waals surface area contributed by atoms with E-state index in [0.717, 1.165) is 63.4 Å². The van der Waals surface area contributed by atoms with E-state index in [2.05, 4.69) is 15.3 Å². The van der Waals surface area contributed by atoms with Crippen LogP contribution in [-0.4, -0.2) is 116 Å². The van der Waals surface area contributed by atoms with Gasteiger partial charge in [0.05, 0.1) is 85.8 Å². The molecule has 5 saturated heterocycles. The number of thioether (sulfide) groups is 5. The summed E-state index contributed by atoms with van der Waals surface area (Å²) in [5.41, 5.74) is 8.55. The lowest BCUT2D eigenvalue weighted by atomic mass is 10.1. The third-order valence-electron chi connectivity index (χ3n) is 21.9. The highest BCUT2D eigenvalue weighted by molar-refractivity contribution is 8.20. The summed E-state index contributed by atoms with van der Waals surface area (Å²) >= 11 is 24.7. The minimum atomic E-state index is -1.12. The molecule has 31 nitrogen and oxygen atoms in total. The molecule has 10 aromatic carbocycles. The van der Waals surface area contributed by atoms with Crippen molar-refractivity contribution in [2.24, 2.45) is 9.98 Å². The SMILES string of the molecule is Cc1ccc(C)c(N2C(=N)S/C(=C\c3ccc(-c4ccccc4C(=O)O)o3)C2=O)c1.N=C1S/C(=C\c2ccc(-c3ccc(Cl)cc3C(=O)O)o2)C(=O)N1c1nccs1.N=C1S/C(=C\c2ccc(-c3ccccc3C(=O)O)o2)C(=O)N1c1ccc(Cl)cc1.O=C(O)c1ccc(-c2ccc(/C=C3/SC(=Nc4ccccc4)N(c4ccccc4)C3=O)o2)cc1.O=C1NC(=Nc2ccccc2Cl)S/C1=C\c1ccc(-c2cccc(C(=O)O)c2)o1. The first kappa shape index (κ1) is 104. The molecule has 5 amide bonds. The molecule has 0 aliphatic carbocycles. The Bertz CT molecular complexity index is 8360. The first-order chi connectivity index (χ1) is 72.3. The number of rotatable bonds is 21. The van der Waals surface area contributed by atoms with Crippen LogP contribution in [0.3, 0.4) is 0 Å². The topological polar surface area (TPSA) is 472 Å². The molecule has 0 saturated carbocycles. The standard InChI is InChI=1S/C27H18N2O4S.C23H18N2O4S.2C21H13ClN2O4S.C18H10ClN3O4S2/c30-25-24(17-22-15-16-23(33-22)18-11-13-19(14-12-18)26(31)32)34-27(28-20-7-3-1-4-8-20)29(25)21-9-5-2-6-10-21;1-13-7-8-14(2)18(11-13)25-21(26)20(30-23(25)24)12-15-9-10-19(29-15)16-5-3-4-6-17(16)22(27)28;22-15-6-1-2-7-16(15)23-21-24-19(25)18(29-21)11-14-8-9-17(28-14)12-4-3-5-13(10-12)20(26)27;22-12-5-7-13(8-6-12)24-19(25)18(29-21(24)23)11-14-9-10-17(28-14)15-3-1-2-4-16(15)20(26)27;19-9-1-3-11(12(7-9)16(24)25)13-4-2-10(26-13)8-14-15(23)22(17(20)28-14)18-21-5-6-27-18/h1-17H,(H,31,32);3-12,24H,1-2H3,(H,27,28);1-11H,(H,26,27)(H,23,24,25);1-11,23H,(H,26,27);1-8,20H,(H,24,25)/b24-17+,28-27?;20-12-,24-23?;18-11-;18-11-,23-21?;14-8-,20-17?. The molecule has 21 rings (SSSR count). The minimum Gasteiger partial charge on any atom is -0.478 e. The molecule has 0 unspecified atom stereocenters. The molecule has 40 heteroatoms. The molecule has 11 heterocycles. The van der Waals surface area contributed by atoms with E-state index in [1.165, 1.54) is 98.1 Å². The summed E-state index contributed by atoms with van der Waals surface area (Å²) in [6.45, 7) is 3.84. The monoisotopic (exact) mass is 2160 g/mol. The number of aromatic nitrogens is 1. The van der Waals surface area contributed by atoms with Gasteiger partial charge in [0.2, 0.25) is 0 Å². The number of carbonyl (C=O) groups excluding carboxylic acids is 5. The fourth-order valence-electron chi connectivity index (χ4n) is 14.9. The molecule has 6 aromatic heterocycles. The van der Waals surface area contributed by atoms with Crippen molar-refractivity contribution in [3.8, 4) is 56.6 Å². The Kier molecular flexibility index (Phi) is 32.3. The van der Waals surface area contributed by atoms with Gasteiger partial charge < -0.3 is 52.9 Å². The van der Waals surface area contributed by atoms with E-state index in [1.54, 1.807) is 217 Å². The summed E-state index contributed by atoms with van der Waals surface area (Å²) in [5, 5.41) is 78.2. The predicted molar refractivity (Wildman–Crippen MR) is 588 cm³/mol. The zero-order valence-corrected chi connectivity index (χ0v) is 84.6. The number of aliphatic imine (C=N–C) groups is 2. The Labute approximate surface area is 891 Å². The van der Waals surface area contributed by atoms with Crippen LogP contribution < -0.4 is 24.9 Å². The fraction of sp³-hybridized carbons (Fsp3) is 0.0182. The molecular weight excluding hydrogens is 2090 g/mol. The summed E-state index contributed by atoms with van der Waals surface area (Å²) in [7, 11) is 0. The smallest absolute Gasteiger partial charge is 0.336 e. The van der Waals surface area contributed by atoms with Crippen molar-refractivity contribution >= 4 is 254 Å². The highest BCUT2D eigenvalue weighted by Gasteiger charge is 2.40. The van der Waals surface area contributed by atoms with Crippen molar-refractivity contribution in [3.63, 3.8) is 0 Å². The molecule has 0 radical (unpaired) electrons. The second kappa shape index (κ2) is 46.5. The molecule has 0 bridgehead atoms. The third kappa shape index (κ3) is 24.4. The average Bonchev–Trinajstić information content (AvgIpc) is 1.64. The zero-order chi connectivity index (χ0) is 106. The number of anilines is 4. The lowest BCUT2D eigenvalue weighted by Crippen LogP contribution is -2.28. The van der Waals surface area contributed by atoms with Crippen LogP contribution in [-0.2, 0) is 24.0 Å². The second-order valence-corrected chi connectivity index (χ2v) is 39.3. The summed E-state index contributed by atoms with van der Waals surface area (Å²) in [5.74, 6) is -2.30. The highest BCUT2D eigenvalue weighted by atomic mass is 35.5. The Morgan fingerprint density at radius 2 is 0.827 bits per heavy atom. The van der Waals surface area contributed by atoms with Crippen LogP contribution in [0.4, 0.5) is 33.6 Å². The summed E-state index contributed by atoms with van der Waals surface area (Å²) in [6.07, 6.45) is 9.53. The average molecular weight is 2170 g/mol. The maximum absolute atomic E-state index is 13.3. The maximum Gasteiger partial charge on any atom is 0.336 e. The molecule has 0 spiro atoms. The van der Waals surface area contributed by atoms with Crippen LogP contribution in [0.25, 0.3) is 87.0 Å². The van der Waals surface area contributed by atoms with Crippen LogP contribution >= 0.6 is 105 Å². The predicted octanol–water partition coefficient (Wildman–Crippen LogP) is 27.1. The number of carbonyl (C=O) groups is 10. The van der Waals surface area contributed by atoms with Gasteiger partial charge in [-0.3, -0.25) is 54.9 Å². The Morgan fingerprint density at radius 3 is 1.37 bits per heavy atom. The van der Waals surface area contributed by atoms with E-state index in [-0.39, 0.29) is 72.9 Å². The number of halogens is 3. The van der Waals surface area contributed by atoms with Crippen LogP contribution in [0.5, 0.6) is 0 Å². The van der Waals surface area contributed by atoms with Gasteiger partial charge in [0.15, 0.2) is 31.0 Å². The minimum absolute atomic E-state index is 0.0177. The van der Waals surface area contributed by atoms with Crippen molar-refractivity contribution < 1.29 is 95.6 Å². The quantitative estimate of drug-likeness (QED) is 0.0302. The Hall–Kier alpha value is -17.4. The number of thiazole rings is 1. The van der Waals surface area contributed by atoms with Crippen LogP contribution in [0, 0.1) is 30.1 Å². The van der Waals surface area contributed by atoms with Gasteiger partial charge in [0.25, 0.3) is 29.5 Å². The van der Waals surface area contributed by atoms with Gasteiger partial charge in [-0.15, -0.1) is 11.3 Å². The van der Waals surface area contributed by atoms with Crippen molar-refractivity contribution in [1.29, 1.82) is 16.2 Å². The van der Waals surface area contributed by atoms with Gasteiger partial charge in [0, 0.05) is 79.8 Å². The first-order valence-corrected chi connectivity index (χ1v) is 50.4. The number of benzene rings is 10. The van der Waals surface area contributed by atoms with E-state index < -0.39 is 29.8 Å². The summed E-state index contributed by atoms with van der Waals surface area (Å²) in [4.78, 5) is 141. The number of furan rings is 5. The van der Waals surface area contributed by atoms with Gasteiger partial charge in [-0.1, -0.05) is 156 Å². The number of carboxylic acids is 5.